The van der Waals surface area contributed by atoms with Crippen molar-refractivity contribution in [2.75, 3.05) is 6.54 Å². The van der Waals surface area contributed by atoms with Gasteiger partial charge in [-0.3, -0.25) is 4.79 Å². The van der Waals surface area contributed by atoms with E-state index in [0.29, 0.717) is 12.3 Å². The molecule has 1 aromatic heterocycles. The maximum atomic E-state index is 10.8. The third-order valence-electron chi connectivity index (χ3n) is 2.08. The fourth-order valence-corrected chi connectivity index (χ4v) is 1.38. The van der Waals surface area contributed by atoms with Gasteiger partial charge in [0.25, 0.3) is 0 Å². The molecule has 2 heterocycles. The number of furan rings is 1. The van der Waals surface area contributed by atoms with Crippen molar-refractivity contribution < 1.29 is 9.21 Å². The highest BCUT2D eigenvalue weighted by Crippen LogP contribution is 2.12. The molecule has 1 saturated heterocycles. The Kier molecular flexibility index (Phi) is 2.17. The van der Waals surface area contributed by atoms with Crippen LogP contribution in [-0.4, -0.2) is 12.5 Å². The number of rotatable bonds is 2. The van der Waals surface area contributed by atoms with Crippen molar-refractivity contribution in [3.05, 3.63) is 30.2 Å². The summed E-state index contributed by atoms with van der Waals surface area (Å²) in [5.41, 5.74) is 0. The SMILES string of the molecule is O=C1CC(/C=C/c2ccco2)CN1. The third-order valence-corrected chi connectivity index (χ3v) is 2.08. The Hall–Kier alpha value is -1.51. The lowest BCUT2D eigenvalue weighted by Gasteiger charge is -1.95. The van der Waals surface area contributed by atoms with E-state index in [1.807, 2.05) is 24.3 Å². The second-order valence-corrected chi connectivity index (χ2v) is 3.14. The van der Waals surface area contributed by atoms with Gasteiger partial charge in [0.1, 0.15) is 5.76 Å². The Labute approximate surface area is 76.4 Å². The average Bonchev–Trinajstić information content (AvgIpc) is 2.71. The van der Waals surface area contributed by atoms with E-state index in [0.717, 1.165) is 12.3 Å². The van der Waals surface area contributed by atoms with Crippen molar-refractivity contribution in [3.8, 4) is 0 Å². The number of carbonyl (C=O) groups excluding carboxylic acids is 1. The second-order valence-electron chi connectivity index (χ2n) is 3.14. The standard InChI is InChI=1S/C10H11NO2/c12-10-6-8(7-11-10)3-4-9-2-1-5-13-9/h1-5,8H,6-7H2,(H,11,12)/b4-3+. The highest BCUT2D eigenvalue weighted by atomic mass is 16.3. The zero-order valence-electron chi connectivity index (χ0n) is 7.19. The van der Waals surface area contributed by atoms with E-state index in [4.69, 9.17) is 4.42 Å². The molecule has 2 rings (SSSR count). The normalized spacial score (nSPS) is 22.5. The zero-order valence-corrected chi connectivity index (χ0v) is 7.19. The molecule has 0 saturated carbocycles. The van der Waals surface area contributed by atoms with Crippen LogP contribution in [-0.2, 0) is 4.79 Å². The minimum atomic E-state index is 0.133. The monoisotopic (exact) mass is 177 g/mol. The lowest BCUT2D eigenvalue weighted by Crippen LogP contribution is -2.13. The van der Waals surface area contributed by atoms with Crippen LogP contribution >= 0.6 is 0 Å². The molecule has 0 radical (unpaired) electrons. The molecule has 1 aliphatic heterocycles. The van der Waals surface area contributed by atoms with Gasteiger partial charge in [0, 0.05) is 18.9 Å². The van der Waals surface area contributed by atoms with Gasteiger partial charge < -0.3 is 9.73 Å². The first-order chi connectivity index (χ1) is 6.34. The first-order valence-electron chi connectivity index (χ1n) is 4.33. The summed E-state index contributed by atoms with van der Waals surface area (Å²) < 4.78 is 5.13. The van der Waals surface area contributed by atoms with Crippen LogP contribution in [0.2, 0.25) is 0 Å². The molecule has 0 aromatic carbocycles. The van der Waals surface area contributed by atoms with Gasteiger partial charge in [-0.05, 0) is 18.2 Å². The zero-order chi connectivity index (χ0) is 9.10. The summed E-state index contributed by atoms with van der Waals surface area (Å²) in [5.74, 6) is 1.28. The van der Waals surface area contributed by atoms with Crippen molar-refractivity contribution in [1.29, 1.82) is 0 Å². The van der Waals surface area contributed by atoms with Crippen LogP contribution in [0.5, 0.6) is 0 Å². The average molecular weight is 177 g/mol. The largest absolute Gasteiger partial charge is 0.465 e. The lowest BCUT2D eigenvalue weighted by atomic mass is 10.1. The summed E-state index contributed by atoms with van der Waals surface area (Å²) in [4.78, 5) is 10.8. The minimum absolute atomic E-state index is 0.133. The van der Waals surface area contributed by atoms with E-state index in [9.17, 15) is 4.79 Å². The molecule has 1 aliphatic rings. The molecule has 3 heteroatoms. The predicted octanol–water partition coefficient (Wildman–Crippen LogP) is 1.43. The van der Waals surface area contributed by atoms with Crippen molar-refractivity contribution >= 4 is 12.0 Å². The number of hydrogen-bond acceptors (Lipinski definition) is 2. The maximum Gasteiger partial charge on any atom is 0.220 e. The summed E-state index contributed by atoms with van der Waals surface area (Å²) in [7, 11) is 0. The minimum Gasteiger partial charge on any atom is -0.465 e. The van der Waals surface area contributed by atoms with Crippen LogP contribution in [0.4, 0.5) is 0 Å². The van der Waals surface area contributed by atoms with Crippen LogP contribution in [0.15, 0.2) is 28.9 Å². The second kappa shape index (κ2) is 3.47. The Morgan fingerprint density at radius 3 is 3.15 bits per heavy atom. The van der Waals surface area contributed by atoms with Crippen molar-refractivity contribution in [2.24, 2.45) is 5.92 Å². The summed E-state index contributed by atoms with van der Waals surface area (Å²) in [6.07, 6.45) is 6.15. The van der Waals surface area contributed by atoms with E-state index >= 15 is 0 Å². The van der Waals surface area contributed by atoms with E-state index < -0.39 is 0 Å². The first kappa shape index (κ1) is 8.10. The Balaban J connectivity index is 1.94. The molecule has 1 atom stereocenters. The molecule has 1 unspecified atom stereocenters. The van der Waals surface area contributed by atoms with Gasteiger partial charge in [0.05, 0.1) is 6.26 Å². The number of nitrogens with one attached hydrogen (secondary N) is 1. The molecule has 1 N–H and O–H groups in total. The van der Waals surface area contributed by atoms with Gasteiger partial charge in [-0.25, -0.2) is 0 Å². The highest BCUT2D eigenvalue weighted by molar-refractivity contribution is 5.78. The Morgan fingerprint density at radius 2 is 2.54 bits per heavy atom. The number of amides is 1. The van der Waals surface area contributed by atoms with Gasteiger partial charge in [-0.15, -0.1) is 0 Å². The smallest absolute Gasteiger partial charge is 0.220 e. The van der Waals surface area contributed by atoms with Crippen LogP contribution in [0.1, 0.15) is 12.2 Å². The first-order valence-corrected chi connectivity index (χ1v) is 4.33. The molecule has 1 amide bonds. The van der Waals surface area contributed by atoms with Crippen LogP contribution in [0, 0.1) is 5.92 Å². The Bertz CT molecular complexity index is 314. The van der Waals surface area contributed by atoms with Crippen LogP contribution < -0.4 is 5.32 Å². The molecule has 1 aromatic rings. The van der Waals surface area contributed by atoms with Gasteiger partial charge in [-0.1, -0.05) is 6.08 Å². The summed E-state index contributed by atoms with van der Waals surface area (Å²) in [6.45, 7) is 0.746. The van der Waals surface area contributed by atoms with Crippen LogP contribution in [0.25, 0.3) is 6.08 Å². The fraction of sp³-hybridized carbons (Fsp3) is 0.300. The van der Waals surface area contributed by atoms with Crippen molar-refractivity contribution in [1.82, 2.24) is 5.32 Å². The Morgan fingerprint density at radius 1 is 1.62 bits per heavy atom. The van der Waals surface area contributed by atoms with Crippen molar-refractivity contribution in [3.63, 3.8) is 0 Å². The van der Waals surface area contributed by atoms with E-state index in [1.165, 1.54) is 0 Å². The molecular weight excluding hydrogens is 166 g/mol. The molecule has 68 valence electrons. The van der Waals surface area contributed by atoms with E-state index in [-0.39, 0.29) is 5.91 Å². The maximum absolute atomic E-state index is 10.8. The molecule has 3 nitrogen and oxygen atoms in total. The van der Waals surface area contributed by atoms with Gasteiger partial charge in [0.2, 0.25) is 5.91 Å². The molecule has 0 bridgehead atoms. The quantitative estimate of drug-likeness (QED) is 0.742. The fourth-order valence-electron chi connectivity index (χ4n) is 1.38. The molecule has 0 spiro atoms. The molecule has 0 aliphatic carbocycles. The number of carbonyl (C=O) groups is 1. The summed E-state index contributed by atoms with van der Waals surface area (Å²) in [6, 6.07) is 3.73. The highest BCUT2D eigenvalue weighted by Gasteiger charge is 2.18. The van der Waals surface area contributed by atoms with Gasteiger partial charge >= 0.3 is 0 Å². The van der Waals surface area contributed by atoms with Gasteiger partial charge in [-0.2, -0.15) is 0 Å². The van der Waals surface area contributed by atoms with Gasteiger partial charge in [0.15, 0.2) is 0 Å². The summed E-state index contributed by atoms with van der Waals surface area (Å²) >= 11 is 0. The topological polar surface area (TPSA) is 42.2 Å². The number of hydrogen-bond donors (Lipinski definition) is 1. The lowest BCUT2D eigenvalue weighted by molar-refractivity contribution is -0.119. The summed E-state index contributed by atoms with van der Waals surface area (Å²) in [5, 5.41) is 2.78. The van der Waals surface area contributed by atoms with E-state index in [2.05, 4.69) is 5.32 Å². The molecule has 13 heavy (non-hydrogen) atoms. The third kappa shape index (κ3) is 1.99. The molecular formula is C10H11NO2. The van der Waals surface area contributed by atoms with Crippen LogP contribution in [0.3, 0.4) is 0 Å². The van der Waals surface area contributed by atoms with Crippen molar-refractivity contribution in [2.45, 2.75) is 6.42 Å². The predicted molar refractivity (Wildman–Crippen MR) is 48.9 cm³/mol. The van der Waals surface area contributed by atoms with E-state index in [1.54, 1.807) is 6.26 Å². The molecule has 1 fully saturated rings.